The SMILES string of the molecule is Cc1oc(-c2cccs2)nc1CC(=O)N(Cc1ccc(F)cc1)C1CCCCC1. The van der Waals surface area contributed by atoms with Crippen molar-refractivity contribution in [3.63, 3.8) is 0 Å². The van der Waals surface area contributed by atoms with E-state index in [1.54, 1.807) is 23.5 Å². The van der Waals surface area contributed by atoms with E-state index in [4.69, 9.17) is 4.42 Å². The molecule has 0 atom stereocenters. The molecule has 2 aromatic heterocycles. The number of oxazole rings is 1. The number of aromatic nitrogens is 1. The first kappa shape index (κ1) is 19.8. The highest BCUT2D eigenvalue weighted by Crippen LogP contribution is 2.28. The van der Waals surface area contributed by atoms with Gasteiger partial charge in [0.05, 0.1) is 17.0 Å². The lowest BCUT2D eigenvalue weighted by Gasteiger charge is -2.34. The molecule has 1 aromatic carbocycles. The number of halogens is 1. The largest absolute Gasteiger partial charge is 0.440 e. The van der Waals surface area contributed by atoms with Crippen LogP contribution >= 0.6 is 11.3 Å². The summed E-state index contributed by atoms with van der Waals surface area (Å²) in [5.74, 6) is 1.05. The van der Waals surface area contributed by atoms with Crippen LogP contribution in [-0.4, -0.2) is 21.8 Å². The molecule has 0 N–H and O–H groups in total. The van der Waals surface area contributed by atoms with E-state index >= 15 is 0 Å². The number of carbonyl (C=O) groups is 1. The Bertz CT molecular complexity index is 944. The molecule has 1 saturated carbocycles. The summed E-state index contributed by atoms with van der Waals surface area (Å²) in [7, 11) is 0. The van der Waals surface area contributed by atoms with Crippen LogP contribution in [0.4, 0.5) is 4.39 Å². The molecular weight excluding hydrogens is 387 g/mol. The summed E-state index contributed by atoms with van der Waals surface area (Å²) >= 11 is 1.57. The number of benzene rings is 1. The number of thiophene rings is 1. The van der Waals surface area contributed by atoms with Crippen LogP contribution in [0.3, 0.4) is 0 Å². The Labute approximate surface area is 174 Å². The minimum absolute atomic E-state index is 0.0513. The van der Waals surface area contributed by atoms with Gasteiger partial charge in [0.25, 0.3) is 0 Å². The van der Waals surface area contributed by atoms with E-state index in [1.165, 1.54) is 18.6 Å². The molecule has 6 heteroatoms. The third kappa shape index (κ3) is 4.75. The second kappa shape index (κ2) is 8.91. The lowest BCUT2D eigenvalue weighted by molar-refractivity contribution is -0.134. The van der Waals surface area contributed by atoms with Crippen molar-refractivity contribution in [1.82, 2.24) is 9.88 Å². The highest BCUT2D eigenvalue weighted by Gasteiger charge is 2.27. The predicted molar refractivity (Wildman–Crippen MR) is 112 cm³/mol. The Morgan fingerprint density at radius 1 is 1.21 bits per heavy atom. The minimum atomic E-state index is -0.261. The highest BCUT2D eigenvalue weighted by molar-refractivity contribution is 7.13. The van der Waals surface area contributed by atoms with Crippen LogP contribution in [0.25, 0.3) is 10.8 Å². The maximum absolute atomic E-state index is 13.3. The molecule has 1 aliphatic carbocycles. The molecule has 4 nitrogen and oxygen atoms in total. The molecule has 0 bridgehead atoms. The van der Waals surface area contributed by atoms with Crippen LogP contribution < -0.4 is 0 Å². The van der Waals surface area contributed by atoms with Gasteiger partial charge in [0.2, 0.25) is 11.8 Å². The van der Waals surface area contributed by atoms with Gasteiger partial charge in [-0.1, -0.05) is 37.5 Å². The highest BCUT2D eigenvalue weighted by atomic mass is 32.1. The van der Waals surface area contributed by atoms with Crippen LogP contribution in [0.1, 0.15) is 49.1 Å². The molecule has 0 aliphatic heterocycles. The fourth-order valence-electron chi connectivity index (χ4n) is 3.94. The maximum atomic E-state index is 13.3. The molecule has 4 rings (SSSR count). The van der Waals surface area contributed by atoms with Crippen molar-refractivity contribution >= 4 is 17.2 Å². The third-order valence-electron chi connectivity index (χ3n) is 5.55. The number of aryl methyl sites for hydroxylation is 1. The van der Waals surface area contributed by atoms with Gasteiger partial charge in [0.1, 0.15) is 11.6 Å². The fourth-order valence-corrected chi connectivity index (χ4v) is 4.59. The molecule has 29 heavy (non-hydrogen) atoms. The Hall–Kier alpha value is -2.47. The second-order valence-electron chi connectivity index (χ2n) is 7.62. The van der Waals surface area contributed by atoms with E-state index in [2.05, 4.69) is 4.98 Å². The molecule has 1 aliphatic rings. The molecule has 0 spiro atoms. The zero-order chi connectivity index (χ0) is 20.2. The van der Waals surface area contributed by atoms with Gasteiger partial charge in [-0.3, -0.25) is 4.79 Å². The van der Waals surface area contributed by atoms with Gasteiger partial charge < -0.3 is 9.32 Å². The lowest BCUT2D eigenvalue weighted by Crippen LogP contribution is -2.41. The van der Waals surface area contributed by atoms with E-state index in [1.807, 2.05) is 29.3 Å². The van der Waals surface area contributed by atoms with Gasteiger partial charge in [0.15, 0.2) is 0 Å². The zero-order valence-corrected chi connectivity index (χ0v) is 17.4. The molecule has 0 saturated heterocycles. The fraction of sp³-hybridized carbons (Fsp3) is 0.391. The summed E-state index contributed by atoms with van der Waals surface area (Å²) in [6.45, 7) is 2.36. The molecule has 3 aromatic rings. The van der Waals surface area contributed by atoms with Gasteiger partial charge in [-0.2, -0.15) is 0 Å². The maximum Gasteiger partial charge on any atom is 0.236 e. The Balaban J connectivity index is 1.53. The van der Waals surface area contributed by atoms with Crippen molar-refractivity contribution in [1.29, 1.82) is 0 Å². The van der Waals surface area contributed by atoms with Gasteiger partial charge in [-0.05, 0) is 48.9 Å². The number of hydrogen-bond acceptors (Lipinski definition) is 4. The van der Waals surface area contributed by atoms with Gasteiger partial charge >= 0.3 is 0 Å². The Kier molecular flexibility index (Phi) is 6.09. The molecule has 0 radical (unpaired) electrons. The van der Waals surface area contributed by atoms with Crippen molar-refractivity contribution in [2.24, 2.45) is 0 Å². The third-order valence-corrected chi connectivity index (χ3v) is 6.40. The average molecular weight is 413 g/mol. The van der Waals surface area contributed by atoms with E-state index in [0.717, 1.165) is 36.1 Å². The van der Waals surface area contributed by atoms with Crippen molar-refractivity contribution in [2.75, 3.05) is 0 Å². The van der Waals surface area contributed by atoms with Crippen LogP contribution in [-0.2, 0) is 17.8 Å². The van der Waals surface area contributed by atoms with E-state index in [0.29, 0.717) is 23.9 Å². The second-order valence-corrected chi connectivity index (χ2v) is 8.56. The normalized spacial score (nSPS) is 14.8. The quantitative estimate of drug-likeness (QED) is 0.517. The summed E-state index contributed by atoms with van der Waals surface area (Å²) < 4.78 is 19.1. The summed E-state index contributed by atoms with van der Waals surface area (Å²) in [5.41, 5.74) is 1.64. The minimum Gasteiger partial charge on any atom is -0.440 e. The topological polar surface area (TPSA) is 46.3 Å². The summed E-state index contributed by atoms with van der Waals surface area (Å²) in [4.78, 5) is 20.8. The summed E-state index contributed by atoms with van der Waals surface area (Å²) in [6, 6.07) is 10.6. The molecule has 1 fully saturated rings. The monoisotopic (exact) mass is 412 g/mol. The number of amides is 1. The number of nitrogens with zero attached hydrogens (tertiary/aromatic N) is 2. The van der Waals surface area contributed by atoms with Crippen LogP contribution in [0.5, 0.6) is 0 Å². The summed E-state index contributed by atoms with van der Waals surface area (Å²) in [5, 5.41) is 1.98. The molecule has 1 amide bonds. The predicted octanol–water partition coefficient (Wildman–Crippen LogP) is 5.75. The Morgan fingerprint density at radius 2 is 1.97 bits per heavy atom. The van der Waals surface area contributed by atoms with Crippen molar-refractivity contribution in [2.45, 2.75) is 58.0 Å². The first-order chi connectivity index (χ1) is 14.1. The number of rotatable bonds is 6. The first-order valence-electron chi connectivity index (χ1n) is 10.1. The van der Waals surface area contributed by atoms with E-state index < -0.39 is 0 Å². The van der Waals surface area contributed by atoms with Gasteiger partial charge in [-0.15, -0.1) is 11.3 Å². The van der Waals surface area contributed by atoms with Crippen molar-refractivity contribution in [3.8, 4) is 10.8 Å². The molecule has 2 heterocycles. The molecular formula is C23H25FN2O2S. The average Bonchev–Trinajstić information content (AvgIpc) is 3.38. The van der Waals surface area contributed by atoms with Gasteiger partial charge in [0, 0.05) is 12.6 Å². The van der Waals surface area contributed by atoms with E-state index in [-0.39, 0.29) is 24.2 Å². The zero-order valence-electron chi connectivity index (χ0n) is 16.6. The van der Waals surface area contributed by atoms with Gasteiger partial charge in [-0.25, -0.2) is 9.37 Å². The van der Waals surface area contributed by atoms with E-state index in [9.17, 15) is 9.18 Å². The standard InChI is InChI=1S/C23H25FN2O2S/c1-16-20(25-23(28-16)21-8-5-13-29-21)14-22(27)26(19-6-3-2-4-7-19)15-17-9-11-18(24)12-10-17/h5,8-13,19H,2-4,6-7,14-15H2,1H3. The first-order valence-corrected chi connectivity index (χ1v) is 11.0. The smallest absolute Gasteiger partial charge is 0.236 e. The van der Waals surface area contributed by atoms with Crippen LogP contribution in [0, 0.1) is 12.7 Å². The molecule has 152 valence electrons. The van der Waals surface area contributed by atoms with Crippen LogP contribution in [0.2, 0.25) is 0 Å². The Morgan fingerprint density at radius 3 is 2.66 bits per heavy atom. The van der Waals surface area contributed by atoms with Crippen LogP contribution in [0.15, 0.2) is 46.2 Å². The number of carbonyl (C=O) groups excluding carboxylic acids is 1. The molecule has 0 unspecified atom stereocenters. The lowest BCUT2D eigenvalue weighted by atomic mass is 9.93. The number of hydrogen-bond donors (Lipinski definition) is 0. The summed E-state index contributed by atoms with van der Waals surface area (Å²) in [6.07, 6.45) is 5.77. The van der Waals surface area contributed by atoms with Crippen molar-refractivity contribution in [3.05, 3.63) is 64.6 Å². The van der Waals surface area contributed by atoms with Crippen molar-refractivity contribution < 1.29 is 13.6 Å².